The molecule has 32 heavy (non-hydrogen) atoms. The van der Waals surface area contributed by atoms with Crippen molar-refractivity contribution in [3.05, 3.63) is 42.4 Å². The monoisotopic (exact) mass is 512 g/mol. The van der Waals surface area contributed by atoms with Crippen LogP contribution >= 0.6 is 23.5 Å². The first-order valence-corrected chi connectivity index (χ1v) is 13.3. The number of ether oxygens (including phenoxy) is 1. The zero-order chi connectivity index (χ0) is 23.7. The molecule has 2 aromatic rings. The van der Waals surface area contributed by atoms with E-state index in [1.165, 1.54) is 0 Å². The van der Waals surface area contributed by atoms with Crippen LogP contribution in [0.3, 0.4) is 0 Å². The Hall–Kier alpha value is -1.46. The van der Waals surface area contributed by atoms with Crippen molar-refractivity contribution >= 4 is 40.6 Å². The molecule has 14 nitrogen and oxygen atoms in total. The SMILES string of the molecule is C=C=Cc1cn(C2CC(O)C(COP(=O)(O)OP(=O)(O)OP(=O)(O)O)O2)c2ncccc12. The van der Waals surface area contributed by atoms with Crippen LogP contribution in [-0.4, -0.2) is 53.0 Å². The van der Waals surface area contributed by atoms with Crippen molar-refractivity contribution in [2.24, 2.45) is 0 Å². The Morgan fingerprint density at radius 1 is 1.25 bits per heavy atom. The van der Waals surface area contributed by atoms with Gasteiger partial charge in [-0.1, -0.05) is 6.58 Å². The largest absolute Gasteiger partial charge is 0.490 e. The number of aliphatic hydroxyl groups is 1. The summed E-state index contributed by atoms with van der Waals surface area (Å²) in [6.07, 6.45) is 1.93. The fraction of sp³-hybridized carbons (Fsp3) is 0.333. The second kappa shape index (κ2) is 9.42. The molecule has 0 aromatic carbocycles. The molecular weight excluding hydrogens is 493 g/mol. The van der Waals surface area contributed by atoms with Gasteiger partial charge in [-0.05, 0) is 18.2 Å². The maximum atomic E-state index is 11.9. The van der Waals surface area contributed by atoms with Gasteiger partial charge >= 0.3 is 23.5 Å². The van der Waals surface area contributed by atoms with Crippen LogP contribution in [0.5, 0.6) is 0 Å². The van der Waals surface area contributed by atoms with Gasteiger partial charge in [0.2, 0.25) is 0 Å². The van der Waals surface area contributed by atoms with E-state index in [9.17, 15) is 28.6 Å². The van der Waals surface area contributed by atoms with Crippen LogP contribution < -0.4 is 0 Å². The molecule has 5 N–H and O–H groups in total. The Morgan fingerprint density at radius 2 is 1.97 bits per heavy atom. The highest BCUT2D eigenvalue weighted by Crippen LogP contribution is 2.66. The molecule has 0 bridgehead atoms. The summed E-state index contributed by atoms with van der Waals surface area (Å²) in [7, 11) is -16.5. The normalized spacial score (nSPS) is 25.2. The summed E-state index contributed by atoms with van der Waals surface area (Å²) in [6.45, 7) is 2.78. The van der Waals surface area contributed by atoms with Crippen LogP contribution in [0.1, 0.15) is 18.2 Å². The van der Waals surface area contributed by atoms with Crippen molar-refractivity contribution in [3.63, 3.8) is 0 Å². The molecule has 3 heterocycles. The molecule has 176 valence electrons. The van der Waals surface area contributed by atoms with Gasteiger partial charge < -0.3 is 34.0 Å². The van der Waals surface area contributed by atoms with Gasteiger partial charge in [-0.15, -0.1) is 5.73 Å². The minimum absolute atomic E-state index is 0.0576. The smallest absolute Gasteiger partial charge is 0.390 e. The lowest BCUT2D eigenvalue weighted by Crippen LogP contribution is -2.26. The van der Waals surface area contributed by atoms with Gasteiger partial charge in [0.25, 0.3) is 0 Å². The summed E-state index contributed by atoms with van der Waals surface area (Å²) >= 11 is 0. The molecule has 0 spiro atoms. The van der Waals surface area contributed by atoms with Gasteiger partial charge in [0.1, 0.15) is 18.0 Å². The summed E-state index contributed by atoms with van der Waals surface area (Å²) in [4.78, 5) is 40.1. The number of rotatable bonds is 9. The van der Waals surface area contributed by atoms with Gasteiger partial charge in [-0.2, -0.15) is 8.62 Å². The number of hydrogen-bond donors (Lipinski definition) is 5. The zero-order valence-corrected chi connectivity index (χ0v) is 18.8. The van der Waals surface area contributed by atoms with E-state index in [2.05, 4.69) is 30.4 Å². The molecular formula is C15H19N2O12P3. The Labute approximate surface area is 180 Å². The topological polar surface area (TPSA) is 207 Å². The third kappa shape index (κ3) is 6.32. The maximum absolute atomic E-state index is 11.9. The van der Waals surface area contributed by atoms with Crippen LogP contribution in [0.25, 0.3) is 17.1 Å². The highest BCUT2D eigenvalue weighted by atomic mass is 31.3. The van der Waals surface area contributed by atoms with Crippen molar-refractivity contribution in [3.8, 4) is 0 Å². The fourth-order valence-electron chi connectivity index (χ4n) is 3.06. The van der Waals surface area contributed by atoms with Crippen molar-refractivity contribution < 1.29 is 56.3 Å². The maximum Gasteiger partial charge on any atom is 0.490 e. The standard InChI is InChI=1S/C15H19N2O12P3/c1-2-4-10-8-17(15-11(10)5-3-6-16-15)14-7-12(18)13(27-14)9-26-31(22,23)29-32(24,25)28-30(19,20)21/h3-6,8,12-14,18H,1,7,9H2,(H,22,23)(H,24,25)(H2,19,20,21). The number of aliphatic hydroxyl groups excluding tert-OH is 1. The van der Waals surface area contributed by atoms with E-state index in [1.807, 2.05) is 6.07 Å². The van der Waals surface area contributed by atoms with Crippen molar-refractivity contribution in [2.75, 3.05) is 6.61 Å². The molecule has 0 saturated carbocycles. The van der Waals surface area contributed by atoms with Crippen LogP contribution in [0.15, 0.2) is 36.8 Å². The molecule has 0 radical (unpaired) electrons. The average Bonchev–Trinajstić information content (AvgIpc) is 3.18. The molecule has 17 heteroatoms. The molecule has 2 aromatic heterocycles. The van der Waals surface area contributed by atoms with E-state index in [-0.39, 0.29) is 6.42 Å². The Bertz CT molecular complexity index is 1190. The number of phosphoric acid groups is 3. The van der Waals surface area contributed by atoms with Crippen LogP contribution in [0.4, 0.5) is 0 Å². The lowest BCUT2D eigenvalue weighted by molar-refractivity contribution is -0.0421. The summed E-state index contributed by atoms with van der Waals surface area (Å²) in [5.74, 6) is 0. The lowest BCUT2D eigenvalue weighted by atomic mass is 10.2. The van der Waals surface area contributed by atoms with Crippen molar-refractivity contribution in [2.45, 2.75) is 24.9 Å². The number of fused-ring (bicyclic) bond motifs is 1. The van der Waals surface area contributed by atoms with Gasteiger partial charge in [-0.3, -0.25) is 4.52 Å². The van der Waals surface area contributed by atoms with E-state index in [4.69, 9.17) is 14.5 Å². The third-order valence-electron chi connectivity index (χ3n) is 4.21. The van der Waals surface area contributed by atoms with Gasteiger partial charge in [-0.25, -0.2) is 18.7 Å². The predicted octanol–water partition coefficient (Wildman–Crippen LogP) is 1.83. The van der Waals surface area contributed by atoms with E-state index >= 15 is 0 Å². The third-order valence-corrected chi connectivity index (χ3v) is 8.01. The highest BCUT2D eigenvalue weighted by molar-refractivity contribution is 7.66. The quantitative estimate of drug-likeness (QED) is 0.240. The Morgan fingerprint density at radius 3 is 2.62 bits per heavy atom. The number of hydrogen-bond acceptors (Lipinski definition) is 9. The molecule has 1 fully saturated rings. The van der Waals surface area contributed by atoms with E-state index in [1.54, 1.807) is 29.1 Å². The average molecular weight is 512 g/mol. The summed E-state index contributed by atoms with van der Waals surface area (Å²) in [6, 6.07) is 3.56. The van der Waals surface area contributed by atoms with E-state index in [0.29, 0.717) is 5.65 Å². The van der Waals surface area contributed by atoms with E-state index < -0.39 is 48.5 Å². The van der Waals surface area contributed by atoms with Crippen LogP contribution in [-0.2, 0) is 31.6 Å². The second-order valence-corrected chi connectivity index (χ2v) is 11.0. The molecule has 0 amide bonds. The minimum atomic E-state index is -5.63. The molecule has 1 saturated heterocycles. The van der Waals surface area contributed by atoms with E-state index in [0.717, 1.165) is 10.9 Å². The molecule has 0 aliphatic carbocycles. The number of pyridine rings is 1. The first-order chi connectivity index (χ1) is 14.8. The molecule has 1 aliphatic heterocycles. The van der Waals surface area contributed by atoms with Gasteiger partial charge in [0.15, 0.2) is 0 Å². The predicted molar refractivity (Wildman–Crippen MR) is 108 cm³/mol. The van der Waals surface area contributed by atoms with Crippen LogP contribution in [0, 0.1) is 0 Å². The zero-order valence-electron chi connectivity index (χ0n) is 16.1. The Balaban J connectivity index is 1.69. The van der Waals surface area contributed by atoms with Crippen molar-refractivity contribution in [1.82, 2.24) is 9.55 Å². The molecule has 3 rings (SSSR count). The highest BCUT2D eigenvalue weighted by Gasteiger charge is 2.43. The fourth-order valence-corrected chi connectivity index (χ4v) is 6.09. The summed E-state index contributed by atoms with van der Waals surface area (Å²) in [5, 5.41) is 11.0. The lowest BCUT2D eigenvalue weighted by Gasteiger charge is -2.19. The number of phosphoric ester groups is 1. The summed E-state index contributed by atoms with van der Waals surface area (Å²) in [5.41, 5.74) is 3.96. The number of nitrogens with zero attached hydrogens (tertiary/aromatic N) is 2. The minimum Gasteiger partial charge on any atom is -0.390 e. The summed E-state index contributed by atoms with van der Waals surface area (Å²) < 4.78 is 53.0. The van der Waals surface area contributed by atoms with Crippen molar-refractivity contribution in [1.29, 1.82) is 0 Å². The number of aromatic nitrogens is 2. The van der Waals surface area contributed by atoms with Crippen LogP contribution in [0.2, 0.25) is 0 Å². The first-order valence-electron chi connectivity index (χ1n) is 8.73. The first kappa shape index (κ1) is 25.2. The molecule has 5 unspecified atom stereocenters. The molecule has 5 atom stereocenters. The van der Waals surface area contributed by atoms with Gasteiger partial charge in [0, 0.05) is 29.8 Å². The molecule has 1 aliphatic rings. The second-order valence-electron chi connectivity index (χ2n) is 6.53. The van der Waals surface area contributed by atoms with Gasteiger partial charge in [0.05, 0.1) is 12.7 Å². The Kier molecular flexibility index (Phi) is 7.41.